The van der Waals surface area contributed by atoms with E-state index in [0.717, 1.165) is 12.1 Å². The summed E-state index contributed by atoms with van der Waals surface area (Å²) < 4.78 is 0. The molecule has 8 heteroatoms. The molecular formula is C12H10N8. The SMILES string of the molecule is CCc1nnn(-c2ccc(NN=C(C#N)C#N)cc2)n1. The van der Waals surface area contributed by atoms with Crippen molar-refractivity contribution in [1.82, 2.24) is 20.2 Å². The van der Waals surface area contributed by atoms with E-state index in [4.69, 9.17) is 10.5 Å². The van der Waals surface area contributed by atoms with Crippen LogP contribution in [0.3, 0.4) is 0 Å². The topological polar surface area (TPSA) is 116 Å². The Kier molecular flexibility index (Phi) is 4.00. The molecule has 2 aromatic rings. The summed E-state index contributed by atoms with van der Waals surface area (Å²) in [6, 6.07) is 10.3. The second-order valence-electron chi connectivity index (χ2n) is 3.69. The highest BCUT2D eigenvalue weighted by atomic mass is 15.6. The minimum atomic E-state index is -0.236. The highest BCUT2D eigenvalue weighted by Crippen LogP contribution is 2.11. The van der Waals surface area contributed by atoms with Crippen molar-refractivity contribution >= 4 is 11.4 Å². The van der Waals surface area contributed by atoms with Gasteiger partial charge in [0, 0.05) is 6.42 Å². The molecular weight excluding hydrogens is 256 g/mol. The number of aromatic nitrogens is 4. The van der Waals surface area contributed by atoms with Crippen molar-refractivity contribution < 1.29 is 0 Å². The Morgan fingerprint density at radius 3 is 2.55 bits per heavy atom. The Bertz CT molecular complexity index is 682. The van der Waals surface area contributed by atoms with Gasteiger partial charge in [0.1, 0.15) is 12.1 Å². The van der Waals surface area contributed by atoms with E-state index in [2.05, 4.69) is 25.9 Å². The second-order valence-corrected chi connectivity index (χ2v) is 3.69. The van der Waals surface area contributed by atoms with Gasteiger partial charge in [0.05, 0.1) is 11.4 Å². The van der Waals surface area contributed by atoms with Crippen LogP contribution in [0.25, 0.3) is 5.69 Å². The molecule has 0 bridgehead atoms. The van der Waals surface area contributed by atoms with E-state index in [1.807, 2.05) is 6.92 Å². The molecule has 1 heterocycles. The Morgan fingerprint density at radius 1 is 1.30 bits per heavy atom. The van der Waals surface area contributed by atoms with E-state index in [1.54, 1.807) is 36.4 Å². The third kappa shape index (κ3) is 2.94. The van der Waals surface area contributed by atoms with Gasteiger partial charge in [-0.25, -0.2) is 0 Å². The van der Waals surface area contributed by atoms with E-state index in [9.17, 15) is 0 Å². The third-order valence-electron chi connectivity index (χ3n) is 2.38. The molecule has 98 valence electrons. The number of nitrogens with zero attached hydrogens (tertiary/aromatic N) is 7. The highest BCUT2D eigenvalue weighted by Gasteiger charge is 2.02. The first-order chi connectivity index (χ1) is 9.76. The molecule has 1 N–H and O–H groups in total. The van der Waals surface area contributed by atoms with E-state index in [0.29, 0.717) is 11.5 Å². The molecule has 8 nitrogen and oxygen atoms in total. The van der Waals surface area contributed by atoms with Gasteiger partial charge in [-0.1, -0.05) is 6.92 Å². The van der Waals surface area contributed by atoms with Crippen LogP contribution in [-0.4, -0.2) is 25.9 Å². The van der Waals surface area contributed by atoms with E-state index in [-0.39, 0.29) is 5.71 Å². The average Bonchev–Trinajstić information content (AvgIpc) is 2.98. The first kappa shape index (κ1) is 13.2. The molecule has 1 aromatic heterocycles. The largest absolute Gasteiger partial charge is 0.277 e. The number of hydrazone groups is 1. The number of anilines is 1. The van der Waals surface area contributed by atoms with Gasteiger partial charge in [-0.3, -0.25) is 5.43 Å². The lowest BCUT2D eigenvalue weighted by Crippen LogP contribution is -2.00. The van der Waals surface area contributed by atoms with Crippen LogP contribution in [-0.2, 0) is 6.42 Å². The molecule has 2 rings (SSSR count). The zero-order valence-corrected chi connectivity index (χ0v) is 10.6. The lowest BCUT2D eigenvalue weighted by atomic mass is 10.3. The van der Waals surface area contributed by atoms with Gasteiger partial charge in [0.2, 0.25) is 5.71 Å². The van der Waals surface area contributed by atoms with Gasteiger partial charge in [0.15, 0.2) is 5.82 Å². The first-order valence-corrected chi connectivity index (χ1v) is 5.80. The molecule has 0 fully saturated rings. The number of tetrazole rings is 1. The van der Waals surface area contributed by atoms with E-state index in [1.165, 1.54) is 4.80 Å². The van der Waals surface area contributed by atoms with Crippen LogP contribution in [0.15, 0.2) is 29.4 Å². The fourth-order valence-corrected chi connectivity index (χ4v) is 1.36. The van der Waals surface area contributed by atoms with Gasteiger partial charge in [-0.15, -0.1) is 15.0 Å². The van der Waals surface area contributed by atoms with Crippen LogP contribution in [0.2, 0.25) is 0 Å². The average molecular weight is 266 g/mol. The fourth-order valence-electron chi connectivity index (χ4n) is 1.36. The van der Waals surface area contributed by atoms with Gasteiger partial charge in [-0.05, 0) is 29.5 Å². The summed E-state index contributed by atoms with van der Waals surface area (Å²) >= 11 is 0. The van der Waals surface area contributed by atoms with Crippen molar-refractivity contribution in [2.24, 2.45) is 5.10 Å². The Balaban J connectivity index is 2.13. The summed E-state index contributed by atoms with van der Waals surface area (Å²) in [6.45, 7) is 1.95. The zero-order valence-electron chi connectivity index (χ0n) is 10.6. The molecule has 0 saturated carbocycles. The van der Waals surface area contributed by atoms with Crippen molar-refractivity contribution in [2.45, 2.75) is 13.3 Å². The van der Waals surface area contributed by atoms with Gasteiger partial charge in [0.25, 0.3) is 0 Å². The predicted octanol–water partition coefficient (Wildman–Crippen LogP) is 1.04. The number of hydrogen-bond donors (Lipinski definition) is 1. The second kappa shape index (κ2) is 6.07. The highest BCUT2D eigenvalue weighted by molar-refractivity contribution is 6.10. The number of rotatable bonds is 4. The molecule has 1 aromatic carbocycles. The minimum absolute atomic E-state index is 0.236. The van der Waals surface area contributed by atoms with E-state index >= 15 is 0 Å². The van der Waals surface area contributed by atoms with Gasteiger partial charge in [-0.2, -0.15) is 15.6 Å². The summed E-state index contributed by atoms with van der Waals surface area (Å²) in [5, 5.41) is 32.8. The molecule has 0 amide bonds. The van der Waals surface area contributed by atoms with Crippen molar-refractivity contribution in [2.75, 3.05) is 5.43 Å². The van der Waals surface area contributed by atoms with Crippen LogP contribution in [0.1, 0.15) is 12.7 Å². The Morgan fingerprint density at radius 2 is 2.00 bits per heavy atom. The smallest absolute Gasteiger partial charge is 0.237 e. The summed E-state index contributed by atoms with van der Waals surface area (Å²) in [7, 11) is 0. The zero-order chi connectivity index (χ0) is 14.4. The normalized spacial score (nSPS) is 9.35. The lowest BCUT2D eigenvalue weighted by Gasteiger charge is -2.01. The molecule has 0 atom stereocenters. The number of benzene rings is 1. The van der Waals surface area contributed by atoms with Gasteiger partial charge >= 0.3 is 0 Å². The third-order valence-corrected chi connectivity index (χ3v) is 2.38. The predicted molar refractivity (Wildman–Crippen MR) is 70.8 cm³/mol. The number of nitrogens with one attached hydrogen (secondary N) is 1. The minimum Gasteiger partial charge on any atom is -0.277 e. The number of nitriles is 2. The molecule has 0 radical (unpaired) electrons. The summed E-state index contributed by atoms with van der Waals surface area (Å²) in [5.74, 6) is 0.671. The summed E-state index contributed by atoms with van der Waals surface area (Å²) in [6.07, 6.45) is 0.722. The number of hydrogen-bond acceptors (Lipinski definition) is 7. The van der Waals surface area contributed by atoms with Crippen LogP contribution in [0.5, 0.6) is 0 Å². The van der Waals surface area contributed by atoms with Crippen LogP contribution in [0.4, 0.5) is 5.69 Å². The van der Waals surface area contributed by atoms with Crippen molar-refractivity contribution in [3.63, 3.8) is 0 Å². The van der Waals surface area contributed by atoms with Crippen LogP contribution in [0, 0.1) is 22.7 Å². The molecule has 0 spiro atoms. The fraction of sp³-hybridized carbons (Fsp3) is 0.167. The maximum Gasteiger partial charge on any atom is 0.237 e. The Hall–Kier alpha value is -3.26. The molecule has 0 aliphatic rings. The summed E-state index contributed by atoms with van der Waals surface area (Å²) in [4.78, 5) is 1.43. The lowest BCUT2D eigenvalue weighted by molar-refractivity contribution is 0.718. The molecule has 0 unspecified atom stereocenters. The maximum atomic E-state index is 8.55. The van der Waals surface area contributed by atoms with Crippen LogP contribution < -0.4 is 5.43 Å². The molecule has 0 aliphatic carbocycles. The maximum absolute atomic E-state index is 8.55. The van der Waals surface area contributed by atoms with E-state index < -0.39 is 0 Å². The van der Waals surface area contributed by atoms with Crippen molar-refractivity contribution in [3.8, 4) is 17.8 Å². The molecule has 0 aliphatic heterocycles. The first-order valence-electron chi connectivity index (χ1n) is 5.80. The monoisotopic (exact) mass is 266 g/mol. The molecule has 20 heavy (non-hydrogen) atoms. The summed E-state index contributed by atoms with van der Waals surface area (Å²) in [5.41, 5.74) is 3.79. The molecule has 0 saturated heterocycles. The Labute approximate surface area is 114 Å². The van der Waals surface area contributed by atoms with Crippen molar-refractivity contribution in [1.29, 1.82) is 10.5 Å². The number of aryl methyl sites for hydroxylation is 1. The van der Waals surface area contributed by atoms with Crippen molar-refractivity contribution in [3.05, 3.63) is 30.1 Å². The standard InChI is InChI=1S/C12H10N8/c1-2-12-17-19-20(18-12)11-5-3-9(4-6-11)15-16-10(7-13)8-14/h3-6,15H,2H2,1H3. The van der Waals surface area contributed by atoms with Gasteiger partial charge < -0.3 is 0 Å². The quantitative estimate of drug-likeness (QED) is 0.652. The van der Waals surface area contributed by atoms with Crippen LogP contribution >= 0.6 is 0 Å².